The summed E-state index contributed by atoms with van der Waals surface area (Å²) >= 11 is 1.43. The van der Waals surface area contributed by atoms with E-state index in [1.807, 2.05) is 30.5 Å². The van der Waals surface area contributed by atoms with Crippen molar-refractivity contribution in [1.82, 2.24) is 20.2 Å². The number of nitrogens with zero attached hydrogens (tertiary/aromatic N) is 3. The number of ether oxygens (including phenoxy) is 2. The molecular formula is C26H27N5O4S. The van der Waals surface area contributed by atoms with Crippen LogP contribution in [0.2, 0.25) is 0 Å². The van der Waals surface area contributed by atoms with E-state index in [4.69, 9.17) is 9.47 Å². The minimum atomic E-state index is -0.205. The van der Waals surface area contributed by atoms with E-state index in [0.29, 0.717) is 23.9 Å². The van der Waals surface area contributed by atoms with Gasteiger partial charge in [0, 0.05) is 36.1 Å². The monoisotopic (exact) mass is 505 g/mol. The molecule has 1 saturated heterocycles. The maximum Gasteiger partial charge on any atom is 0.270 e. The van der Waals surface area contributed by atoms with Crippen molar-refractivity contribution in [3.63, 3.8) is 0 Å². The summed E-state index contributed by atoms with van der Waals surface area (Å²) < 4.78 is 11.5. The summed E-state index contributed by atoms with van der Waals surface area (Å²) in [6, 6.07) is 9.87. The highest BCUT2D eigenvalue weighted by Gasteiger charge is 2.31. The van der Waals surface area contributed by atoms with Gasteiger partial charge in [-0.05, 0) is 49.6 Å². The minimum Gasteiger partial charge on any atom is -0.497 e. The number of methoxy groups -OCH3 is 1. The van der Waals surface area contributed by atoms with Crippen molar-refractivity contribution in [2.24, 2.45) is 0 Å². The number of thioether (sulfide) groups is 1. The summed E-state index contributed by atoms with van der Waals surface area (Å²) in [5, 5.41) is 6.95. The van der Waals surface area contributed by atoms with Gasteiger partial charge in [-0.1, -0.05) is 0 Å². The Bertz CT molecular complexity index is 1340. The molecule has 9 nitrogen and oxygen atoms in total. The lowest BCUT2D eigenvalue weighted by Gasteiger charge is -2.39. The molecule has 1 atom stereocenters. The Labute approximate surface area is 213 Å². The van der Waals surface area contributed by atoms with Gasteiger partial charge in [0.1, 0.15) is 29.6 Å². The number of rotatable bonds is 4. The molecule has 1 fully saturated rings. The number of anilines is 1. The van der Waals surface area contributed by atoms with E-state index < -0.39 is 0 Å². The zero-order valence-electron chi connectivity index (χ0n) is 20.0. The highest BCUT2D eigenvalue weighted by Crippen LogP contribution is 2.34. The first-order chi connectivity index (χ1) is 17.6. The first-order valence-electron chi connectivity index (χ1n) is 12.1. The third kappa shape index (κ3) is 4.46. The van der Waals surface area contributed by atoms with E-state index in [0.717, 1.165) is 59.6 Å². The number of fused-ring (bicyclic) bond motifs is 4. The van der Waals surface area contributed by atoms with Crippen LogP contribution in [0.25, 0.3) is 10.9 Å². The number of carbonyl (C=O) groups is 2. The van der Waals surface area contributed by atoms with Gasteiger partial charge in [-0.15, -0.1) is 11.8 Å². The predicted molar refractivity (Wildman–Crippen MR) is 137 cm³/mol. The molecular weight excluding hydrogens is 478 g/mol. The fourth-order valence-electron chi connectivity index (χ4n) is 5.14. The number of likely N-dealkylation sites (tertiary alicyclic amines) is 1. The van der Waals surface area contributed by atoms with Gasteiger partial charge in [0.05, 0.1) is 29.5 Å². The smallest absolute Gasteiger partial charge is 0.270 e. The predicted octanol–water partition coefficient (Wildman–Crippen LogP) is 2.88. The van der Waals surface area contributed by atoms with Crippen LogP contribution in [0.1, 0.15) is 28.9 Å². The van der Waals surface area contributed by atoms with Crippen molar-refractivity contribution in [3.05, 3.63) is 47.8 Å². The van der Waals surface area contributed by atoms with Gasteiger partial charge in [0.15, 0.2) is 0 Å². The van der Waals surface area contributed by atoms with E-state index in [1.54, 1.807) is 13.2 Å². The van der Waals surface area contributed by atoms with Gasteiger partial charge in [0.25, 0.3) is 5.91 Å². The van der Waals surface area contributed by atoms with Crippen LogP contribution < -0.4 is 20.1 Å². The molecule has 0 aliphatic carbocycles. The number of pyridine rings is 2. The Kier molecular flexibility index (Phi) is 6.14. The zero-order chi connectivity index (χ0) is 24.6. The Morgan fingerprint density at radius 2 is 2.11 bits per heavy atom. The van der Waals surface area contributed by atoms with E-state index in [9.17, 15) is 9.59 Å². The largest absolute Gasteiger partial charge is 0.497 e. The van der Waals surface area contributed by atoms with E-state index in [1.165, 1.54) is 17.3 Å². The standard InChI is InChI=1S/C26H27N5O4S/c1-34-17-2-3-20-18(11-17)19-10-16(13-35-22(19)12-27-20)31-8-6-15(7-9-31)28-26(33)21-4-5-23-25(29-21)30-24(32)14-36-23/h2-5,11-12,15-16H,6-10,13-14H2,1H3,(H,28,33)(H,29,30,32). The Balaban J connectivity index is 1.09. The van der Waals surface area contributed by atoms with Crippen LogP contribution >= 0.6 is 11.8 Å². The van der Waals surface area contributed by atoms with E-state index in [2.05, 4.69) is 25.5 Å². The number of hydrogen-bond acceptors (Lipinski definition) is 8. The van der Waals surface area contributed by atoms with Crippen molar-refractivity contribution in [3.8, 4) is 11.5 Å². The lowest BCUT2D eigenvalue weighted by Crippen LogP contribution is -2.51. The van der Waals surface area contributed by atoms with Crippen molar-refractivity contribution < 1.29 is 19.1 Å². The molecule has 0 saturated carbocycles. The van der Waals surface area contributed by atoms with Crippen LogP contribution in [0.15, 0.2) is 41.4 Å². The third-order valence-corrected chi connectivity index (χ3v) is 8.15. The van der Waals surface area contributed by atoms with Crippen LogP contribution in [-0.4, -0.2) is 71.3 Å². The Hall–Kier alpha value is -3.37. The van der Waals surface area contributed by atoms with Gasteiger partial charge in [-0.25, -0.2) is 4.98 Å². The molecule has 0 spiro atoms. The average Bonchev–Trinajstić information content (AvgIpc) is 2.92. The number of carbonyl (C=O) groups excluding carboxylic acids is 2. The molecule has 0 bridgehead atoms. The first-order valence-corrected chi connectivity index (χ1v) is 13.1. The lowest BCUT2D eigenvalue weighted by atomic mass is 9.95. The summed E-state index contributed by atoms with van der Waals surface area (Å²) in [7, 11) is 1.67. The molecule has 3 aromatic rings. The molecule has 0 radical (unpaired) electrons. The van der Waals surface area contributed by atoms with Crippen molar-refractivity contribution in [1.29, 1.82) is 0 Å². The van der Waals surface area contributed by atoms with Gasteiger partial charge in [-0.3, -0.25) is 19.5 Å². The Morgan fingerprint density at radius 3 is 2.94 bits per heavy atom. The summed E-state index contributed by atoms with van der Waals surface area (Å²) in [6.45, 7) is 2.39. The molecule has 2 N–H and O–H groups in total. The van der Waals surface area contributed by atoms with Crippen LogP contribution in [-0.2, 0) is 11.2 Å². The second-order valence-corrected chi connectivity index (χ2v) is 10.3. The zero-order valence-corrected chi connectivity index (χ0v) is 20.8. The second-order valence-electron chi connectivity index (χ2n) is 9.32. The summed E-state index contributed by atoms with van der Waals surface area (Å²) in [5.74, 6) is 2.20. The second kappa shape index (κ2) is 9.59. The Morgan fingerprint density at radius 1 is 1.25 bits per heavy atom. The number of benzene rings is 1. The van der Waals surface area contributed by atoms with Gasteiger partial charge < -0.3 is 20.1 Å². The topological polar surface area (TPSA) is 106 Å². The van der Waals surface area contributed by atoms with Gasteiger partial charge >= 0.3 is 0 Å². The van der Waals surface area contributed by atoms with Crippen LogP contribution in [0.5, 0.6) is 11.5 Å². The highest BCUT2D eigenvalue weighted by molar-refractivity contribution is 8.00. The number of aromatic nitrogens is 2. The highest BCUT2D eigenvalue weighted by atomic mass is 32.2. The molecule has 2 amide bonds. The van der Waals surface area contributed by atoms with E-state index in [-0.39, 0.29) is 23.9 Å². The fourth-order valence-corrected chi connectivity index (χ4v) is 5.90. The molecule has 5 heterocycles. The van der Waals surface area contributed by atoms with Crippen molar-refractivity contribution in [2.45, 2.75) is 36.2 Å². The summed E-state index contributed by atoms with van der Waals surface area (Å²) in [6.07, 6.45) is 4.43. The normalized spacial score (nSPS) is 20.1. The van der Waals surface area contributed by atoms with Crippen LogP contribution in [0.4, 0.5) is 5.82 Å². The molecule has 2 aromatic heterocycles. The van der Waals surface area contributed by atoms with Crippen LogP contribution in [0.3, 0.4) is 0 Å². The first kappa shape index (κ1) is 23.1. The SMILES string of the molecule is COc1ccc2ncc3c(c2c1)CC(N1CCC(NC(=O)c2ccc4c(n2)NC(=O)CS4)CC1)CO3. The fraction of sp³-hybridized carbons (Fsp3) is 0.385. The number of hydrogen-bond donors (Lipinski definition) is 2. The molecule has 186 valence electrons. The molecule has 10 heteroatoms. The average molecular weight is 506 g/mol. The molecule has 36 heavy (non-hydrogen) atoms. The molecule has 1 unspecified atom stereocenters. The lowest BCUT2D eigenvalue weighted by molar-refractivity contribution is -0.113. The third-order valence-electron chi connectivity index (χ3n) is 7.11. The van der Waals surface area contributed by atoms with Crippen molar-refractivity contribution in [2.75, 3.05) is 37.9 Å². The number of amides is 2. The van der Waals surface area contributed by atoms with E-state index >= 15 is 0 Å². The molecule has 6 rings (SSSR count). The molecule has 3 aliphatic heterocycles. The molecule has 3 aliphatic rings. The maximum absolute atomic E-state index is 12.8. The molecule has 1 aromatic carbocycles. The minimum absolute atomic E-state index is 0.0848. The number of piperidine rings is 1. The summed E-state index contributed by atoms with van der Waals surface area (Å²) in [5.41, 5.74) is 2.44. The quantitative estimate of drug-likeness (QED) is 0.558. The number of nitrogens with one attached hydrogen (secondary N) is 2. The van der Waals surface area contributed by atoms with Gasteiger partial charge in [0.2, 0.25) is 5.91 Å². The van der Waals surface area contributed by atoms with Gasteiger partial charge in [-0.2, -0.15) is 0 Å². The summed E-state index contributed by atoms with van der Waals surface area (Å²) in [4.78, 5) is 36.7. The maximum atomic E-state index is 12.8. The van der Waals surface area contributed by atoms with Crippen LogP contribution in [0, 0.1) is 0 Å². The van der Waals surface area contributed by atoms with Crippen molar-refractivity contribution >= 4 is 40.3 Å².